The van der Waals surface area contributed by atoms with Gasteiger partial charge in [0.05, 0.1) is 17.3 Å². The Morgan fingerprint density at radius 3 is 2.29 bits per heavy atom. The van der Waals surface area contributed by atoms with Crippen molar-refractivity contribution < 1.29 is 9.15 Å². The lowest BCUT2D eigenvalue weighted by atomic mass is 9.97. The van der Waals surface area contributed by atoms with Crippen LogP contribution in [0.2, 0.25) is 0 Å². The van der Waals surface area contributed by atoms with Gasteiger partial charge < -0.3 is 9.15 Å². The van der Waals surface area contributed by atoms with Gasteiger partial charge in [-0.15, -0.1) is 0 Å². The maximum atomic E-state index is 5.99. The van der Waals surface area contributed by atoms with Crippen LogP contribution < -0.4 is 4.74 Å². The third-order valence-corrected chi connectivity index (χ3v) is 6.55. The second-order valence-corrected chi connectivity index (χ2v) is 8.87. The first-order valence-corrected chi connectivity index (χ1v) is 11.7. The monoisotopic (exact) mass is 506 g/mol. The van der Waals surface area contributed by atoms with E-state index in [0.717, 1.165) is 38.1 Å². The van der Waals surface area contributed by atoms with Crippen molar-refractivity contribution in [2.75, 3.05) is 7.11 Å². The summed E-state index contributed by atoms with van der Waals surface area (Å²) in [5.41, 5.74) is 4.28. The van der Waals surface area contributed by atoms with Crippen molar-refractivity contribution in [1.82, 2.24) is 4.98 Å². The van der Waals surface area contributed by atoms with Crippen LogP contribution in [0.15, 0.2) is 105 Å². The molecule has 6 aromatic rings. The van der Waals surface area contributed by atoms with Crippen LogP contribution in [0.1, 0.15) is 5.56 Å². The SMILES string of the molecule is COc1ccc(-c2nc3cc(N=Cc4c5ccccc5cc5ccccc45)ccc3o2)cc1Br. The highest BCUT2D eigenvalue weighted by atomic mass is 79.9. The number of rotatable bonds is 4. The van der Waals surface area contributed by atoms with Crippen LogP contribution in [0, 0.1) is 0 Å². The van der Waals surface area contributed by atoms with Crippen molar-refractivity contribution in [3.8, 4) is 17.2 Å². The largest absolute Gasteiger partial charge is 0.496 e. The van der Waals surface area contributed by atoms with E-state index in [2.05, 4.69) is 70.5 Å². The Bertz CT molecular complexity index is 1660. The van der Waals surface area contributed by atoms with Gasteiger partial charge in [-0.05, 0) is 79.9 Å². The predicted octanol–water partition coefficient (Wildman–Crippen LogP) is 8.32. The molecule has 164 valence electrons. The number of oxazole rings is 1. The molecular formula is C29H19BrN2O2. The summed E-state index contributed by atoms with van der Waals surface area (Å²) in [6, 6.07) is 30.6. The fourth-order valence-electron chi connectivity index (χ4n) is 4.25. The zero-order valence-corrected chi connectivity index (χ0v) is 19.9. The Kier molecular flexibility index (Phi) is 5.12. The molecule has 4 nitrogen and oxygen atoms in total. The van der Waals surface area contributed by atoms with Crippen molar-refractivity contribution in [2.24, 2.45) is 4.99 Å². The third-order valence-electron chi connectivity index (χ3n) is 5.93. The van der Waals surface area contributed by atoms with E-state index >= 15 is 0 Å². The summed E-state index contributed by atoms with van der Waals surface area (Å²) in [6.07, 6.45) is 1.95. The second kappa shape index (κ2) is 8.43. The molecule has 0 spiro atoms. The van der Waals surface area contributed by atoms with E-state index in [0.29, 0.717) is 5.89 Å². The van der Waals surface area contributed by atoms with E-state index in [-0.39, 0.29) is 0 Å². The number of aliphatic imine (C=N–C) groups is 1. The molecule has 0 amide bonds. The lowest BCUT2D eigenvalue weighted by Gasteiger charge is -2.07. The molecule has 0 fully saturated rings. The molecule has 0 atom stereocenters. The van der Waals surface area contributed by atoms with Gasteiger partial charge in [0, 0.05) is 17.3 Å². The molecule has 6 rings (SSSR count). The summed E-state index contributed by atoms with van der Waals surface area (Å²) in [6.45, 7) is 0. The summed E-state index contributed by atoms with van der Waals surface area (Å²) in [5, 5.41) is 4.76. The maximum Gasteiger partial charge on any atom is 0.227 e. The molecule has 0 N–H and O–H groups in total. The molecule has 0 saturated carbocycles. The molecule has 5 aromatic carbocycles. The number of nitrogens with zero attached hydrogens (tertiary/aromatic N) is 2. The van der Waals surface area contributed by atoms with Gasteiger partial charge in [-0.2, -0.15) is 0 Å². The van der Waals surface area contributed by atoms with Crippen LogP contribution in [0.5, 0.6) is 5.75 Å². The molecular weight excluding hydrogens is 488 g/mol. The highest BCUT2D eigenvalue weighted by Gasteiger charge is 2.11. The number of benzene rings is 5. The van der Waals surface area contributed by atoms with Crippen molar-refractivity contribution in [1.29, 1.82) is 0 Å². The van der Waals surface area contributed by atoms with Crippen molar-refractivity contribution >= 4 is 60.5 Å². The fraction of sp³-hybridized carbons (Fsp3) is 0.0345. The Hall–Kier alpha value is -3.96. The van der Waals surface area contributed by atoms with Crippen molar-refractivity contribution in [3.63, 3.8) is 0 Å². The van der Waals surface area contributed by atoms with Gasteiger partial charge in [0.15, 0.2) is 5.58 Å². The first-order chi connectivity index (χ1) is 16.7. The van der Waals surface area contributed by atoms with Crippen molar-refractivity contribution in [3.05, 3.63) is 101 Å². The zero-order chi connectivity index (χ0) is 23.1. The van der Waals surface area contributed by atoms with Gasteiger partial charge in [-0.1, -0.05) is 48.5 Å². The van der Waals surface area contributed by atoms with Crippen LogP contribution in [-0.2, 0) is 0 Å². The molecule has 0 saturated heterocycles. The fourth-order valence-corrected chi connectivity index (χ4v) is 4.79. The van der Waals surface area contributed by atoms with Gasteiger partial charge in [0.1, 0.15) is 11.3 Å². The minimum Gasteiger partial charge on any atom is -0.496 e. The van der Waals surface area contributed by atoms with Gasteiger partial charge in [0.2, 0.25) is 5.89 Å². The van der Waals surface area contributed by atoms with E-state index in [4.69, 9.17) is 19.1 Å². The Morgan fingerprint density at radius 1 is 0.853 bits per heavy atom. The second-order valence-electron chi connectivity index (χ2n) is 8.01. The van der Waals surface area contributed by atoms with Crippen molar-refractivity contribution in [2.45, 2.75) is 0 Å². The lowest BCUT2D eigenvalue weighted by Crippen LogP contribution is -1.88. The smallest absolute Gasteiger partial charge is 0.227 e. The molecule has 1 heterocycles. The van der Waals surface area contributed by atoms with E-state index < -0.39 is 0 Å². The molecule has 34 heavy (non-hydrogen) atoms. The van der Waals surface area contributed by atoms with Gasteiger partial charge >= 0.3 is 0 Å². The summed E-state index contributed by atoms with van der Waals surface area (Å²) >= 11 is 3.52. The molecule has 0 aliphatic rings. The number of hydrogen-bond acceptors (Lipinski definition) is 4. The highest BCUT2D eigenvalue weighted by Crippen LogP contribution is 2.33. The molecule has 0 aliphatic carbocycles. The van der Waals surface area contributed by atoms with E-state index in [1.807, 2.05) is 42.6 Å². The molecule has 1 aromatic heterocycles. The number of halogens is 1. The number of ether oxygens (including phenoxy) is 1. The van der Waals surface area contributed by atoms with Gasteiger partial charge in [-0.3, -0.25) is 4.99 Å². The number of fused-ring (bicyclic) bond motifs is 3. The van der Waals surface area contributed by atoms with Crippen LogP contribution >= 0.6 is 15.9 Å². The standard InChI is InChI=1S/C29H19BrN2O2/c1-33-27-12-10-20(15-25(27)30)29-32-26-16-21(11-13-28(26)34-29)31-17-24-22-8-4-2-6-18(22)14-19-7-3-5-9-23(19)24/h2-17H,1H3. The average Bonchev–Trinajstić information content (AvgIpc) is 3.30. The summed E-state index contributed by atoms with van der Waals surface area (Å²) in [7, 11) is 1.64. The normalized spacial score (nSPS) is 11.7. The zero-order valence-electron chi connectivity index (χ0n) is 18.3. The molecule has 5 heteroatoms. The van der Waals surface area contributed by atoms with E-state index in [1.165, 1.54) is 21.5 Å². The molecule has 0 radical (unpaired) electrons. The summed E-state index contributed by atoms with van der Waals surface area (Å²) < 4.78 is 12.2. The Labute approximate surface area is 204 Å². The summed E-state index contributed by atoms with van der Waals surface area (Å²) in [4.78, 5) is 9.51. The van der Waals surface area contributed by atoms with Gasteiger partial charge in [0.25, 0.3) is 0 Å². The van der Waals surface area contributed by atoms with E-state index in [9.17, 15) is 0 Å². The maximum absolute atomic E-state index is 5.99. The number of methoxy groups -OCH3 is 1. The topological polar surface area (TPSA) is 47.6 Å². The predicted molar refractivity (Wildman–Crippen MR) is 142 cm³/mol. The van der Waals surface area contributed by atoms with Gasteiger partial charge in [-0.25, -0.2) is 4.98 Å². The van der Waals surface area contributed by atoms with Crippen LogP contribution in [0.25, 0.3) is 44.1 Å². The molecule has 0 aliphatic heterocycles. The van der Waals surface area contributed by atoms with Crippen LogP contribution in [0.4, 0.5) is 5.69 Å². The van der Waals surface area contributed by atoms with Crippen LogP contribution in [-0.4, -0.2) is 18.3 Å². The Morgan fingerprint density at radius 2 is 1.59 bits per heavy atom. The average molecular weight is 507 g/mol. The minimum atomic E-state index is 0.555. The van der Waals surface area contributed by atoms with Crippen LogP contribution in [0.3, 0.4) is 0 Å². The first kappa shape index (κ1) is 20.6. The summed E-state index contributed by atoms with van der Waals surface area (Å²) in [5.74, 6) is 1.32. The molecule has 0 unspecified atom stereocenters. The quantitative estimate of drug-likeness (QED) is 0.178. The first-order valence-electron chi connectivity index (χ1n) is 10.9. The Balaban J connectivity index is 1.40. The molecule has 0 bridgehead atoms. The number of aromatic nitrogens is 1. The number of hydrogen-bond donors (Lipinski definition) is 0. The van der Waals surface area contributed by atoms with E-state index in [1.54, 1.807) is 7.11 Å². The highest BCUT2D eigenvalue weighted by molar-refractivity contribution is 9.10. The third kappa shape index (κ3) is 3.64. The minimum absolute atomic E-state index is 0.555. The lowest BCUT2D eigenvalue weighted by molar-refractivity contribution is 0.412.